The van der Waals surface area contributed by atoms with Gasteiger partial charge in [0.25, 0.3) is 0 Å². The molecular formula is C15H20N2. The van der Waals surface area contributed by atoms with Gasteiger partial charge in [-0.05, 0) is 43.1 Å². The van der Waals surface area contributed by atoms with Gasteiger partial charge in [0.15, 0.2) is 0 Å². The fourth-order valence-corrected chi connectivity index (χ4v) is 1.89. The van der Waals surface area contributed by atoms with E-state index in [1.165, 1.54) is 10.9 Å². The summed E-state index contributed by atoms with van der Waals surface area (Å²) < 4.78 is 0. The van der Waals surface area contributed by atoms with Crippen LogP contribution in [0, 0.1) is 12.8 Å². The highest BCUT2D eigenvalue weighted by Crippen LogP contribution is 2.14. The minimum atomic E-state index is 0.694. The smallest absolute Gasteiger partial charge is 0.0705 e. The third-order valence-electron chi connectivity index (χ3n) is 2.77. The summed E-state index contributed by atoms with van der Waals surface area (Å²) in [5, 5.41) is 4.68. The van der Waals surface area contributed by atoms with Crippen molar-refractivity contribution in [2.75, 3.05) is 6.54 Å². The van der Waals surface area contributed by atoms with Gasteiger partial charge in [0, 0.05) is 17.6 Å². The van der Waals surface area contributed by atoms with Gasteiger partial charge in [-0.1, -0.05) is 26.0 Å². The lowest BCUT2D eigenvalue weighted by Gasteiger charge is -2.08. The van der Waals surface area contributed by atoms with Gasteiger partial charge in [0.05, 0.1) is 5.52 Å². The molecular weight excluding hydrogens is 208 g/mol. The van der Waals surface area contributed by atoms with E-state index in [2.05, 4.69) is 54.5 Å². The van der Waals surface area contributed by atoms with E-state index in [0.29, 0.717) is 5.92 Å². The van der Waals surface area contributed by atoms with Crippen molar-refractivity contribution in [1.82, 2.24) is 10.3 Å². The van der Waals surface area contributed by atoms with E-state index in [0.717, 1.165) is 24.3 Å². The highest BCUT2D eigenvalue weighted by molar-refractivity contribution is 5.79. The Bertz CT molecular complexity index is 503. The topological polar surface area (TPSA) is 24.9 Å². The second-order valence-electron chi connectivity index (χ2n) is 5.00. The number of nitrogens with zero attached hydrogens (tertiary/aromatic N) is 1. The first-order valence-corrected chi connectivity index (χ1v) is 6.22. The van der Waals surface area contributed by atoms with Crippen molar-refractivity contribution < 1.29 is 0 Å². The molecule has 0 atom stereocenters. The molecule has 17 heavy (non-hydrogen) atoms. The van der Waals surface area contributed by atoms with Gasteiger partial charge < -0.3 is 5.32 Å². The molecule has 2 heteroatoms. The second-order valence-corrected chi connectivity index (χ2v) is 5.00. The number of aromatic nitrogens is 1. The van der Waals surface area contributed by atoms with Gasteiger partial charge in [-0.25, -0.2) is 0 Å². The van der Waals surface area contributed by atoms with Gasteiger partial charge in [-0.2, -0.15) is 0 Å². The predicted molar refractivity (Wildman–Crippen MR) is 73.0 cm³/mol. The maximum absolute atomic E-state index is 4.50. The molecule has 90 valence electrons. The van der Waals surface area contributed by atoms with Gasteiger partial charge in [0.2, 0.25) is 0 Å². The Morgan fingerprint density at radius 3 is 2.76 bits per heavy atom. The maximum Gasteiger partial charge on any atom is 0.0705 e. The Balaban J connectivity index is 2.12. The monoisotopic (exact) mass is 228 g/mol. The number of pyridine rings is 1. The number of nitrogens with one attached hydrogen (secondary N) is 1. The summed E-state index contributed by atoms with van der Waals surface area (Å²) >= 11 is 0. The first-order chi connectivity index (χ1) is 8.15. The fraction of sp³-hybridized carbons (Fsp3) is 0.400. The largest absolute Gasteiger partial charge is 0.312 e. The van der Waals surface area contributed by atoms with Crippen molar-refractivity contribution in [1.29, 1.82) is 0 Å². The van der Waals surface area contributed by atoms with Crippen LogP contribution in [0.15, 0.2) is 30.3 Å². The number of rotatable bonds is 4. The summed E-state index contributed by atoms with van der Waals surface area (Å²) in [5.74, 6) is 0.694. The van der Waals surface area contributed by atoms with E-state index in [4.69, 9.17) is 0 Å². The predicted octanol–water partition coefficient (Wildman–Crippen LogP) is 3.29. The lowest BCUT2D eigenvalue weighted by Crippen LogP contribution is -2.18. The molecule has 1 aromatic carbocycles. The molecule has 0 radical (unpaired) electrons. The molecule has 1 heterocycles. The molecule has 0 aliphatic rings. The van der Waals surface area contributed by atoms with E-state index in [9.17, 15) is 0 Å². The molecule has 0 saturated carbocycles. The first kappa shape index (κ1) is 12.1. The van der Waals surface area contributed by atoms with Crippen molar-refractivity contribution in [3.63, 3.8) is 0 Å². The van der Waals surface area contributed by atoms with Crippen molar-refractivity contribution in [2.45, 2.75) is 27.3 Å². The van der Waals surface area contributed by atoms with Crippen molar-refractivity contribution >= 4 is 10.9 Å². The van der Waals surface area contributed by atoms with Crippen molar-refractivity contribution in [2.24, 2.45) is 5.92 Å². The number of fused-ring (bicyclic) bond motifs is 1. The summed E-state index contributed by atoms with van der Waals surface area (Å²) in [5.41, 5.74) is 3.48. The van der Waals surface area contributed by atoms with E-state index in [-0.39, 0.29) is 0 Å². The van der Waals surface area contributed by atoms with E-state index in [1.807, 2.05) is 6.92 Å². The summed E-state index contributed by atoms with van der Waals surface area (Å²) in [4.78, 5) is 4.50. The summed E-state index contributed by atoms with van der Waals surface area (Å²) in [7, 11) is 0. The third kappa shape index (κ3) is 3.27. The van der Waals surface area contributed by atoms with Gasteiger partial charge in [0.1, 0.15) is 0 Å². The van der Waals surface area contributed by atoms with Crippen LogP contribution in [0.5, 0.6) is 0 Å². The van der Waals surface area contributed by atoms with Crippen LogP contribution in [-0.2, 0) is 6.54 Å². The Morgan fingerprint density at radius 2 is 2.00 bits per heavy atom. The molecule has 0 saturated heterocycles. The molecule has 2 aromatic rings. The molecule has 2 nitrogen and oxygen atoms in total. The third-order valence-corrected chi connectivity index (χ3v) is 2.77. The van der Waals surface area contributed by atoms with E-state index < -0.39 is 0 Å². The molecule has 0 amide bonds. The van der Waals surface area contributed by atoms with E-state index in [1.54, 1.807) is 0 Å². The Labute approximate surface area is 103 Å². The van der Waals surface area contributed by atoms with Gasteiger partial charge >= 0.3 is 0 Å². The molecule has 2 rings (SSSR count). The zero-order valence-electron chi connectivity index (χ0n) is 10.8. The lowest BCUT2D eigenvalue weighted by molar-refractivity contribution is 0.552. The summed E-state index contributed by atoms with van der Waals surface area (Å²) in [6.07, 6.45) is 0. The average Bonchev–Trinajstić information content (AvgIpc) is 2.29. The molecule has 0 fully saturated rings. The van der Waals surface area contributed by atoms with Crippen LogP contribution in [0.25, 0.3) is 10.9 Å². The normalized spacial score (nSPS) is 11.3. The Morgan fingerprint density at radius 1 is 1.18 bits per heavy atom. The summed E-state index contributed by atoms with van der Waals surface area (Å²) in [6.45, 7) is 8.46. The number of benzene rings is 1. The molecule has 1 N–H and O–H groups in total. The molecule has 0 aliphatic carbocycles. The molecule has 1 aromatic heterocycles. The van der Waals surface area contributed by atoms with Crippen LogP contribution in [-0.4, -0.2) is 11.5 Å². The number of hydrogen-bond acceptors (Lipinski definition) is 2. The van der Waals surface area contributed by atoms with Crippen molar-refractivity contribution in [3.05, 3.63) is 41.6 Å². The van der Waals surface area contributed by atoms with Crippen molar-refractivity contribution in [3.8, 4) is 0 Å². The minimum Gasteiger partial charge on any atom is -0.312 e. The first-order valence-electron chi connectivity index (χ1n) is 6.22. The highest BCUT2D eigenvalue weighted by atomic mass is 14.8. The van der Waals surface area contributed by atoms with Crippen LogP contribution in [0.3, 0.4) is 0 Å². The summed E-state index contributed by atoms with van der Waals surface area (Å²) in [6, 6.07) is 10.7. The molecule has 0 bridgehead atoms. The second kappa shape index (κ2) is 5.28. The zero-order chi connectivity index (χ0) is 12.3. The Hall–Kier alpha value is -1.41. The Kier molecular flexibility index (Phi) is 3.75. The molecule has 0 aliphatic heterocycles. The van der Waals surface area contributed by atoms with Crippen LogP contribution in [0.1, 0.15) is 25.1 Å². The lowest BCUT2D eigenvalue weighted by atomic mass is 10.1. The minimum absolute atomic E-state index is 0.694. The standard InChI is InChI=1S/C15H20N2/c1-11(2)9-16-10-13-5-7-15-14(8-13)6-4-12(3)17-15/h4-8,11,16H,9-10H2,1-3H3. The van der Waals surface area contributed by atoms with Crippen LogP contribution in [0.2, 0.25) is 0 Å². The molecule has 0 spiro atoms. The quantitative estimate of drug-likeness (QED) is 0.868. The maximum atomic E-state index is 4.50. The molecule has 0 unspecified atom stereocenters. The SMILES string of the molecule is Cc1ccc2cc(CNCC(C)C)ccc2n1. The van der Waals surface area contributed by atoms with E-state index >= 15 is 0 Å². The zero-order valence-corrected chi connectivity index (χ0v) is 10.8. The van der Waals surface area contributed by atoms with Crippen LogP contribution >= 0.6 is 0 Å². The number of aryl methyl sites for hydroxylation is 1. The van der Waals surface area contributed by atoms with Gasteiger partial charge in [-0.3, -0.25) is 4.98 Å². The number of hydrogen-bond donors (Lipinski definition) is 1. The fourth-order valence-electron chi connectivity index (χ4n) is 1.89. The van der Waals surface area contributed by atoms with Crippen LogP contribution < -0.4 is 5.32 Å². The average molecular weight is 228 g/mol. The highest BCUT2D eigenvalue weighted by Gasteiger charge is 1.99. The van der Waals surface area contributed by atoms with Gasteiger partial charge in [-0.15, -0.1) is 0 Å². The van der Waals surface area contributed by atoms with Crippen LogP contribution in [0.4, 0.5) is 0 Å².